The highest BCUT2D eigenvalue weighted by molar-refractivity contribution is 5.98. The van der Waals surface area contributed by atoms with Gasteiger partial charge in [0.05, 0.1) is 11.8 Å². The van der Waals surface area contributed by atoms with Crippen molar-refractivity contribution < 1.29 is 22.7 Å². The Morgan fingerprint density at radius 3 is 2.33 bits per heavy atom. The van der Waals surface area contributed by atoms with Crippen molar-refractivity contribution in [2.75, 3.05) is 5.32 Å². The number of benzene rings is 1. The molecule has 0 saturated heterocycles. The molecule has 1 aromatic carbocycles. The third-order valence-corrected chi connectivity index (χ3v) is 3.22. The van der Waals surface area contributed by atoms with Crippen LogP contribution in [0.1, 0.15) is 26.7 Å². The van der Waals surface area contributed by atoms with Gasteiger partial charge in [-0.15, -0.1) is 13.2 Å². The van der Waals surface area contributed by atoms with E-state index in [4.69, 9.17) is 5.26 Å². The third kappa shape index (κ3) is 4.12. The Hall–Kier alpha value is -2.23. The lowest BCUT2D eigenvalue weighted by atomic mass is 9.83. The fourth-order valence-electron chi connectivity index (χ4n) is 1.81. The number of rotatable bonds is 5. The molecule has 0 spiro atoms. The number of nitrogens with zero attached hydrogens (tertiary/aromatic N) is 1. The van der Waals surface area contributed by atoms with Gasteiger partial charge < -0.3 is 10.1 Å². The Morgan fingerprint density at radius 1 is 1.29 bits per heavy atom. The van der Waals surface area contributed by atoms with Crippen molar-refractivity contribution >= 4 is 11.6 Å². The number of ether oxygens (including phenoxy) is 1. The highest BCUT2D eigenvalue weighted by atomic mass is 19.4. The molecule has 1 aromatic rings. The monoisotopic (exact) mass is 300 g/mol. The second kappa shape index (κ2) is 6.48. The quantitative estimate of drug-likeness (QED) is 0.898. The standard InChI is InChI=1S/C14H15F3N2O2/c1-3-13(4-2,9-18)12(20)19-10-7-5-6-8-11(10)21-14(15,16)17/h5-8H,3-4H2,1-2H3,(H,19,20). The van der Waals surface area contributed by atoms with E-state index in [2.05, 4.69) is 10.1 Å². The van der Waals surface area contributed by atoms with Crippen molar-refractivity contribution in [2.24, 2.45) is 5.41 Å². The number of hydrogen-bond donors (Lipinski definition) is 1. The van der Waals surface area contributed by atoms with Crippen LogP contribution < -0.4 is 10.1 Å². The predicted octanol–water partition coefficient (Wildman–Crippen LogP) is 3.85. The van der Waals surface area contributed by atoms with Crippen LogP contribution in [0.5, 0.6) is 5.75 Å². The number of carbonyl (C=O) groups excluding carboxylic acids is 1. The van der Waals surface area contributed by atoms with E-state index in [1.807, 2.05) is 6.07 Å². The molecule has 0 aromatic heterocycles. The molecule has 0 aliphatic carbocycles. The van der Waals surface area contributed by atoms with E-state index in [0.29, 0.717) is 0 Å². The summed E-state index contributed by atoms with van der Waals surface area (Å²) in [6.45, 7) is 3.34. The zero-order chi connectivity index (χ0) is 16.1. The summed E-state index contributed by atoms with van der Waals surface area (Å²) in [5.41, 5.74) is -1.40. The molecule has 0 aliphatic rings. The Bertz CT molecular complexity index is 546. The predicted molar refractivity (Wildman–Crippen MR) is 70.4 cm³/mol. The van der Waals surface area contributed by atoms with Gasteiger partial charge in [-0.2, -0.15) is 5.26 Å². The second-order valence-electron chi connectivity index (χ2n) is 4.40. The van der Waals surface area contributed by atoms with Crippen molar-refractivity contribution in [1.29, 1.82) is 5.26 Å². The molecule has 0 saturated carbocycles. The maximum atomic E-state index is 12.3. The molecule has 0 unspecified atom stereocenters. The van der Waals surface area contributed by atoms with Gasteiger partial charge in [0, 0.05) is 0 Å². The minimum Gasteiger partial charge on any atom is -0.404 e. The van der Waals surface area contributed by atoms with Crippen molar-refractivity contribution in [2.45, 2.75) is 33.1 Å². The number of alkyl halides is 3. The van der Waals surface area contributed by atoms with Crippen LogP contribution in [0.3, 0.4) is 0 Å². The largest absolute Gasteiger partial charge is 0.573 e. The van der Waals surface area contributed by atoms with Crippen molar-refractivity contribution in [1.82, 2.24) is 0 Å². The molecule has 0 atom stereocenters. The van der Waals surface area contributed by atoms with E-state index in [1.54, 1.807) is 13.8 Å². The van der Waals surface area contributed by atoms with E-state index in [1.165, 1.54) is 18.2 Å². The smallest absolute Gasteiger partial charge is 0.404 e. The minimum atomic E-state index is -4.86. The van der Waals surface area contributed by atoms with Crippen LogP contribution in [-0.2, 0) is 4.79 Å². The van der Waals surface area contributed by atoms with Crippen LogP contribution in [0.15, 0.2) is 24.3 Å². The first-order valence-electron chi connectivity index (χ1n) is 6.35. The molecule has 0 fully saturated rings. The first-order valence-corrected chi connectivity index (χ1v) is 6.35. The second-order valence-corrected chi connectivity index (χ2v) is 4.40. The Kier molecular flexibility index (Phi) is 5.19. The number of amides is 1. The maximum absolute atomic E-state index is 12.3. The Balaban J connectivity index is 3.04. The average molecular weight is 300 g/mol. The Labute approximate surface area is 120 Å². The number of para-hydroxylation sites is 2. The average Bonchev–Trinajstić information content (AvgIpc) is 2.42. The maximum Gasteiger partial charge on any atom is 0.573 e. The van der Waals surface area contributed by atoms with Crippen LogP contribution in [0.25, 0.3) is 0 Å². The fourth-order valence-corrected chi connectivity index (χ4v) is 1.81. The van der Waals surface area contributed by atoms with Crippen molar-refractivity contribution in [3.63, 3.8) is 0 Å². The molecule has 0 bridgehead atoms. The van der Waals surface area contributed by atoms with Crippen LogP contribution in [0.4, 0.5) is 18.9 Å². The Morgan fingerprint density at radius 2 is 1.86 bits per heavy atom. The van der Waals surface area contributed by atoms with Gasteiger partial charge in [-0.05, 0) is 25.0 Å². The van der Waals surface area contributed by atoms with Crippen molar-refractivity contribution in [3.8, 4) is 11.8 Å². The SMILES string of the molecule is CCC(C#N)(CC)C(=O)Nc1ccccc1OC(F)(F)F. The topological polar surface area (TPSA) is 62.1 Å². The van der Waals surface area contributed by atoms with Gasteiger partial charge in [0.2, 0.25) is 5.91 Å². The van der Waals surface area contributed by atoms with Gasteiger partial charge in [0.1, 0.15) is 5.41 Å². The van der Waals surface area contributed by atoms with E-state index >= 15 is 0 Å². The highest BCUT2D eigenvalue weighted by Gasteiger charge is 2.36. The summed E-state index contributed by atoms with van der Waals surface area (Å²) in [7, 11) is 0. The molecule has 1 amide bonds. The van der Waals surface area contributed by atoms with Crippen LogP contribution >= 0.6 is 0 Å². The number of nitrogens with one attached hydrogen (secondary N) is 1. The molecule has 1 N–H and O–H groups in total. The normalized spacial score (nSPS) is 11.6. The number of halogens is 3. The molecule has 1 rings (SSSR count). The summed E-state index contributed by atoms with van der Waals surface area (Å²) >= 11 is 0. The number of carbonyl (C=O) groups is 1. The lowest BCUT2D eigenvalue weighted by Gasteiger charge is -2.23. The van der Waals surface area contributed by atoms with Crippen molar-refractivity contribution in [3.05, 3.63) is 24.3 Å². The molecule has 0 aliphatic heterocycles. The molecular formula is C14H15F3N2O2. The summed E-state index contributed by atoms with van der Waals surface area (Å²) < 4.78 is 40.8. The summed E-state index contributed by atoms with van der Waals surface area (Å²) in [6.07, 6.45) is -4.34. The number of hydrogen-bond acceptors (Lipinski definition) is 3. The molecule has 114 valence electrons. The minimum absolute atomic E-state index is 0.124. The van der Waals surface area contributed by atoms with Crippen LogP contribution in [-0.4, -0.2) is 12.3 Å². The van der Waals surface area contributed by atoms with Gasteiger partial charge in [0.15, 0.2) is 5.75 Å². The zero-order valence-corrected chi connectivity index (χ0v) is 11.6. The first kappa shape index (κ1) is 16.8. The van der Waals surface area contributed by atoms with Gasteiger partial charge in [-0.25, -0.2) is 0 Å². The summed E-state index contributed by atoms with van der Waals surface area (Å²) in [6, 6.07) is 7.12. The lowest BCUT2D eigenvalue weighted by Crippen LogP contribution is -2.34. The van der Waals surface area contributed by atoms with Crippen LogP contribution in [0.2, 0.25) is 0 Å². The fraction of sp³-hybridized carbons (Fsp3) is 0.429. The van der Waals surface area contributed by atoms with E-state index in [-0.39, 0.29) is 18.5 Å². The number of anilines is 1. The lowest BCUT2D eigenvalue weighted by molar-refractivity contribution is -0.274. The molecule has 21 heavy (non-hydrogen) atoms. The highest BCUT2D eigenvalue weighted by Crippen LogP contribution is 2.33. The summed E-state index contributed by atoms with van der Waals surface area (Å²) in [4.78, 5) is 12.2. The molecular weight excluding hydrogens is 285 g/mol. The molecule has 4 nitrogen and oxygen atoms in total. The number of nitriles is 1. The molecule has 7 heteroatoms. The summed E-state index contributed by atoms with van der Waals surface area (Å²) in [5, 5.41) is 11.5. The third-order valence-electron chi connectivity index (χ3n) is 3.22. The summed E-state index contributed by atoms with van der Waals surface area (Å²) in [5.74, 6) is -1.16. The van der Waals surface area contributed by atoms with Gasteiger partial charge in [-0.3, -0.25) is 4.79 Å². The van der Waals surface area contributed by atoms with Gasteiger partial charge in [0.25, 0.3) is 0 Å². The van der Waals surface area contributed by atoms with E-state index in [9.17, 15) is 18.0 Å². The molecule has 0 heterocycles. The van der Waals surface area contributed by atoms with E-state index in [0.717, 1.165) is 6.07 Å². The zero-order valence-electron chi connectivity index (χ0n) is 11.6. The molecule has 0 radical (unpaired) electrons. The van der Waals surface area contributed by atoms with Crippen LogP contribution in [0, 0.1) is 16.7 Å². The van der Waals surface area contributed by atoms with Gasteiger partial charge >= 0.3 is 6.36 Å². The van der Waals surface area contributed by atoms with Gasteiger partial charge in [-0.1, -0.05) is 26.0 Å². The first-order chi connectivity index (χ1) is 9.78. The van der Waals surface area contributed by atoms with E-state index < -0.39 is 23.4 Å².